The fourth-order valence-corrected chi connectivity index (χ4v) is 6.61. The minimum absolute atomic E-state index is 0.0866. The fourth-order valence-electron chi connectivity index (χ4n) is 6.61. The first-order chi connectivity index (χ1) is 23.1. The Balaban J connectivity index is 1.24. The van der Waals surface area contributed by atoms with E-state index in [9.17, 15) is 40.9 Å². The molecule has 0 fully saturated rings. The van der Waals surface area contributed by atoms with Crippen LogP contribution in [0.5, 0.6) is 46.0 Å². The van der Waals surface area contributed by atoms with E-state index in [0.717, 1.165) is 49.8 Å². The highest BCUT2D eigenvalue weighted by Gasteiger charge is 2.28. The van der Waals surface area contributed by atoms with Gasteiger partial charge in [0.2, 0.25) is 23.0 Å². The van der Waals surface area contributed by atoms with Crippen LogP contribution in [0.2, 0.25) is 0 Å². The van der Waals surface area contributed by atoms with Crippen molar-refractivity contribution in [1.29, 1.82) is 0 Å². The number of phenols is 8. The van der Waals surface area contributed by atoms with Crippen molar-refractivity contribution in [3.8, 4) is 68.2 Å². The van der Waals surface area contributed by atoms with Crippen LogP contribution in [0, 0.1) is 0 Å². The molecule has 0 radical (unpaired) electrons. The molecule has 0 atom stereocenters. The van der Waals surface area contributed by atoms with E-state index in [2.05, 4.69) is 12.1 Å². The van der Waals surface area contributed by atoms with Crippen molar-refractivity contribution in [1.82, 2.24) is 0 Å². The Labute approximate surface area is 271 Å². The van der Waals surface area contributed by atoms with Crippen LogP contribution in [0.15, 0.2) is 101 Å². The van der Waals surface area contributed by atoms with Crippen LogP contribution >= 0.6 is 0 Å². The van der Waals surface area contributed by atoms with Crippen molar-refractivity contribution in [2.75, 3.05) is 0 Å². The normalized spacial score (nSPS) is 11.7. The van der Waals surface area contributed by atoms with Gasteiger partial charge < -0.3 is 45.3 Å². The van der Waals surface area contributed by atoms with E-state index in [1.807, 2.05) is 78.9 Å². The summed E-state index contributed by atoms with van der Waals surface area (Å²) >= 11 is 0. The second-order valence-corrected chi connectivity index (χ2v) is 11.8. The number of hydrogen-bond acceptors (Lipinski definition) is 9. The molecule has 8 rings (SSSR count). The molecule has 0 aliphatic rings. The predicted octanol–water partition coefficient (Wildman–Crippen LogP) is 8.46. The van der Waals surface area contributed by atoms with E-state index in [1.165, 1.54) is 6.07 Å². The number of hydrogen-bond donors (Lipinski definition) is 8. The van der Waals surface area contributed by atoms with E-state index in [-0.39, 0.29) is 33.5 Å². The second kappa shape index (κ2) is 10.4. The number of para-hydroxylation sites is 1. The van der Waals surface area contributed by atoms with Crippen LogP contribution in [0.25, 0.3) is 65.7 Å². The SMILES string of the molecule is Oc1c(O)c(O)c2c(cc(Cc3cccc(-c4cccc(-c5ccc6oc7ccccc7c6c5)c4)c3)c3c(O)c(O)c(O)c(O)c32)c1O. The molecule has 0 amide bonds. The topological polar surface area (TPSA) is 175 Å². The van der Waals surface area contributed by atoms with Crippen molar-refractivity contribution < 1.29 is 45.3 Å². The van der Waals surface area contributed by atoms with Crippen LogP contribution in [-0.4, -0.2) is 40.9 Å². The third-order valence-electron chi connectivity index (χ3n) is 8.95. The minimum Gasteiger partial charge on any atom is -0.504 e. The summed E-state index contributed by atoms with van der Waals surface area (Å²) in [5, 5.41) is 85.6. The molecule has 48 heavy (non-hydrogen) atoms. The van der Waals surface area contributed by atoms with Crippen molar-refractivity contribution >= 4 is 43.5 Å². The highest BCUT2D eigenvalue weighted by atomic mass is 16.4. The van der Waals surface area contributed by atoms with Gasteiger partial charge in [-0.2, -0.15) is 0 Å². The molecule has 9 heteroatoms. The van der Waals surface area contributed by atoms with E-state index in [0.29, 0.717) is 0 Å². The summed E-state index contributed by atoms with van der Waals surface area (Å²) in [5.41, 5.74) is 6.47. The average Bonchev–Trinajstić information content (AvgIpc) is 3.49. The highest BCUT2D eigenvalue weighted by Crippen LogP contribution is 2.57. The summed E-state index contributed by atoms with van der Waals surface area (Å²) in [5.74, 6) is -7.48. The summed E-state index contributed by atoms with van der Waals surface area (Å²) in [4.78, 5) is 0. The Bertz CT molecular complexity index is 2640. The number of benzene rings is 7. The third kappa shape index (κ3) is 4.18. The quantitative estimate of drug-likeness (QED) is 0.0534. The van der Waals surface area contributed by atoms with Gasteiger partial charge in [0.15, 0.2) is 23.0 Å². The standard InChI is InChI=1S/C39H26O9/c40-32-26-17-23(29-31(30(26)34(42)38(46)36(32)44)35(43)39(47)37(45)33(29)41)14-18-5-3-6-19(13-18)20-7-4-8-21(15-20)22-11-12-28-25(16-22)24-9-1-2-10-27(24)48-28/h1-13,15-17,40-47H,14H2. The molecular formula is C39H26O9. The molecule has 0 spiro atoms. The summed E-state index contributed by atoms with van der Waals surface area (Å²) in [7, 11) is 0. The largest absolute Gasteiger partial charge is 0.504 e. The zero-order chi connectivity index (χ0) is 33.4. The van der Waals surface area contributed by atoms with Gasteiger partial charge in [-0.15, -0.1) is 0 Å². The summed E-state index contributed by atoms with van der Waals surface area (Å²) in [6.45, 7) is 0. The Kier molecular flexibility index (Phi) is 6.22. The maximum absolute atomic E-state index is 11.0. The molecular weight excluding hydrogens is 612 g/mol. The first-order valence-corrected chi connectivity index (χ1v) is 14.9. The van der Waals surface area contributed by atoms with Crippen LogP contribution in [0.1, 0.15) is 11.1 Å². The molecule has 1 heterocycles. The molecule has 1 aromatic heterocycles. The zero-order valence-electron chi connectivity index (χ0n) is 24.9. The molecule has 0 bridgehead atoms. The van der Waals surface area contributed by atoms with Gasteiger partial charge in [0.05, 0.1) is 0 Å². The maximum Gasteiger partial charge on any atom is 0.204 e. The second-order valence-electron chi connectivity index (χ2n) is 11.8. The van der Waals surface area contributed by atoms with Crippen molar-refractivity contribution in [3.05, 3.63) is 108 Å². The molecule has 0 saturated carbocycles. The number of furan rings is 1. The van der Waals surface area contributed by atoms with Crippen LogP contribution in [-0.2, 0) is 6.42 Å². The molecule has 236 valence electrons. The van der Waals surface area contributed by atoms with E-state index < -0.39 is 46.0 Å². The van der Waals surface area contributed by atoms with E-state index in [4.69, 9.17) is 4.42 Å². The van der Waals surface area contributed by atoms with Crippen LogP contribution in [0.4, 0.5) is 0 Å². The first kappa shape index (κ1) is 28.7. The molecule has 8 aromatic rings. The number of phenolic OH excluding ortho intramolecular Hbond substituents is 8. The lowest BCUT2D eigenvalue weighted by atomic mass is 9.90. The smallest absolute Gasteiger partial charge is 0.204 e. The molecule has 0 unspecified atom stereocenters. The third-order valence-corrected chi connectivity index (χ3v) is 8.95. The Morgan fingerprint density at radius 1 is 0.375 bits per heavy atom. The summed E-state index contributed by atoms with van der Waals surface area (Å²) < 4.78 is 5.99. The highest BCUT2D eigenvalue weighted by molar-refractivity contribution is 6.20. The predicted molar refractivity (Wildman–Crippen MR) is 182 cm³/mol. The van der Waals surface area contributed by atoms with E-state index in [1.54, 1.807) is 0 Å². The monoisotopic (exact) mass is 638 g/mol. The van der Waals surface area contributed by atoms with Crippen LogP contribution < -0.4 is 0 Å². The van der Waals surface area contributed by atoms with Gasteiger partial charge in [-0.3, -0.25) is 0 Å². The van der Waals surface area contributed by atoms with Gasteiger partial charge in [-0.05, 0) is 70.1 Å². The van der Waals surface area contributed by atoms with Crippen molar-refractivity contribution in [3.63, 3.8) is 0 Å². The Hall–Kier alpha value is -6.74. The van der Waals surface area contributed by atoms with Gasteiger partial charge in [-0.1, -0.05) is 66.7 Å². The van der Waals surface area contributed by atoms with Crippen molar-refractivity contribution in [2.24, 2.45) is 0 Å². The number of rotatable bonds is 4. The molecule has 8 N–H and O–H groups in total. The lowest BCUT2D eigenvalue weighted by molar-refractivity contribution is 0.349. The fraction of sp³-hybridized carbons (Fsp3) is 0.0256. The average molecular weight is 639 g/mol. The van der Waals surface area contributed by atoms with Gasteiger partial charge in [0, 0.05) is 32.3 Å². The summed E-state index contributed by atoms with van der Waals surface area (Å²) in [6, 6.07) is 31.0. The molecule has 0 saturated heterocycles. The molecule has 0 aliphatic heterocycles. The zero-order valence-corrected chi connectivity index (χ0v) is 24.9. The lowest BCUT2D eigenvalue weighted by Gasteiger charge is -2.18. The lowest BCUT2D eigenvalue weighted by Crippen LogP contribution is -1.95. The van der Waals surface area contributed by atoms with Gasteiger partial charge >= 0.3 is 0 Å². The maximum atomic E-state index is 11.0. The number of aromatic hydroxyl groups is 8. The van der Waals surface area contributed by atoms with Gasteiger partial charge in [-0.25, -0.2) is 0 Å². The Morgan fingerprint density at radius 3 is 1.67 bits per heavy atom. The van der Waals surface area contributed by atoms with Gasteiger partial charge in [0.1, 0.15) is 11.2 Å². The first-order valence-electron chi connectivity index (χ1n) is 14.9. The van der Waals surface area contributed by atoms with Crippen molar-refractivity contribution in [2.45, 2.75) is 6.42 Å². The number of fused-ring (bicyclic) bond motifs is 6. The molecule has 9 nitrogen and oxygen atoms in total. The van der Waals surface area contributed by atoms with E-state index >= 15 is 0 Å². The minimum atomic E-state index is -1.06. The van der Waals surface area contributed by atoms with Crippen LogP contribution in [0.3, 0.4) is 0 Å². The summed E-state index contributed by atoms with van der Waals surface area (Å²) in [6.07, 6.45) is 0.0866. The molecule has 0 aliphatic carbocycles. The molecule has 7 aromatic carbocycles. The van der Waals surface area contributed by atoms with Gasteiger partial charge in [0.25, 0.3) is 0 Å². The Morgan fingerprint density at radius 2 is 0.938 bits per heavy atom.